The molecule has 0 radical (unpaired) electrons. The number of aryl methyl sites for hydroxylation is 1. The molecule has 1 aliphatic rings. The highest BCUT2D eigenvalue weighted by molar-refractivity contribution is 6.33. The van der Waals surface area contributed by atoms with Gasteiger partial charge in [-0.2, -0.15) is 4.98 Å². The third-order valence-corrected chi connectivity index (χ3v) is 5.69. The van der Waals surface area contributed by atoms with Gasteiger partial charge in [0, 0.05) is 31.6 Å². The molecule has 32 heavy (non-hydrogen) atoms. The SMILES string of the molecule is Cc1nc(COC2CN(Cc3ccc(-c4ccccc4Cl)o3)CC(=O)N(C(C)C)C2)no1. The van der Waals surface area contributed by atoms with Gasteiger partial charge in [0.2, 0.25) is 11.8 Å². The van der Waals surface area contributed by atoms with E-state index >= 15 is 0 Å². The van der Waals surface area contributed by atoms with E-state index in [1.807, 2.05) is 60.0 Å². The maximum absolute atomic E-state index is 12.9. The Bertz CT molecular complexity index is 1060. The number of benzene rings is 1. The second kappa shape index (κ2) is 9.85. The topological polar surface area (TPSA) is 84.8 Å². The van der Waals surface area contributed by atoms with Gasteiger partial charge < -0.3 is 18.6 Å². The summed E-state index contributed by atoms with van der Waals surface area (Å²) < 4.78 is 17.1. The Morgan fingerprint density at radius 2 is 2.03 bits per heavy atom. The summed E-state index contributed by atoms with van der Waals surface area (Å²) in [6.45, 7) is 7.85. The Morgan fingerprint density at radius 3 is 2.75 bits per heavy atom. The van der Waals surface area contributed by atoms with E-state index in [-0.39, 0.29) is 24.7 Å². The van der Waals surface area contributed by atoms with Gasteiger partial charge in [-0.1, -0.05) is 28.9 Å². The number of amides is 1. The number of ether oxygens (including phenoxy) is 1. The number of rotatable bonds is 7. The Balaban J connectivity index is 1.47. The summed E-state index contributed by atoms with van der Waals surface area (Å²) in [5.41, 5.74) is 0.843. The van der Waals surface area contributed by atoms with Gasteiger partial charge in [0.25, 0.3) is 0 Å². The zero-order valence-corrected chi connectivity index (χ0v) is 19.2. The molecule has 4 rings (SSSR count). The lowest BCUT2D eigenvalue weighted by Crippen LogP contribution is -2.42. The lowest BCUT2D eigenvalue weighted by atomic mass is 10.2. The smallest absolute Gasteiger partial charge is 0.237 e. The Hall–Kier alpha value is -2.68. The van der Waals surface area contributed by atoms with Crippen LogP contribution in [0.4, 0.5) is 0 Å². The molecule has 1 aromatic carbocycles. The Kier molecular flexibility index (Phi) is 6.93. The molecule has 1 saturated heterocycles. The van der Waals surface area contributed by atoms with Gasteiger partial charge in [0.1, 0.15) is 18.1 Å². The first kappa shape index (κ1) is 22.5. The summed E-state index contributed by atoms with van der Waals surface area (Å²) in [5, 5.41) is 4.52. The fourth-order valence-corrected chi connectivity index (χ4v) is 4.05. The molecular weight excluding hydrogens is 432 g/mol. The summed E-state index contributed by atoms with van der Waals surface area (Å²) in [6.07, 6.45) is -0.194. The van der Waals surface area contributed by atoms with Crippen molar-refractivity contribution in [3.05, 3.63) is 58.9 Å². The van der Waals surface area contributed by atoms with E-state index in [2.05, 4.69) is 10.1 Å². The summed E-state index contributed by atoms with van der Waals surface area (Å²) in [7, 11) is 0. The summed E-state index contributed by atoms with van der Waals surface area (Å²) in [6, 6.07) is 11.5. The molecule has 0 bridgehead atoms. The number of furan rings is 1. The fourth-order valence-electron chi connectivity index (χ4n) is 3.82. The van der Waals surface area contributed by atoms with Gasteiger partial charge in [0.15, 0.2) is 5.82 Å². The van der Waals surface area contributed by atoms with E-state index < -0.39 is 0 Å². The average molecular weight is 459 g/mol. The van der Waals surface area contributed by atoms with Crippen molar-refractivity contribution < 1.29 is 18.5 Å². The lowest BCUT2D eigenvalue weighted by molar-refractivity contribution is -0.133. The first-order valence-electron chi connectivity index (χ1n) is 10.6. The molecule has 170 valence electrons. The van der Waals surface area contributed by atoms with Crippen molar-refractivity contribution in [2.75, 3.05) is 19.6 Å². The lowest BCUT2D eigenvalue weighted by Gasteiger charge is -2.27. The van der Waals surface area contributed by atoms with Crippen molar-refractivity contribution in [3.63, 3.8) is 0 Å². The number of carbonyl (C=O) groups excluding carboxylic acids is 1. The number of hydrogen-bond donors (Lipinski definition) is 0. The van der Waals surface area contributed by atoms with E-state index in [9.17, 15) is 4.79 Å². The normalized spacial score (nSPS) is 17.8. The van der Waals surface area contributed by atoms with Gasteiger partial charge in [-0.15, -0.1) is 0 Å². The van der Waals surface area contributed by atoms with Crippen LogP contribution in [0.2, 0.25) is 5.02 Å². The first-order valence-corrected chi connectivity index (χ1v) is 11.0. The highest BCUT2D eigenvalue weighted by Crippen LogP contribution is 2.29. The largest absolute Gasteiger partial charge is 0.460 e. The van der Waals surface area contributed by atoms with Crippen molar-refractivity contribution in [2.24, 2.45) is 0 Å². The summed E-state index contributed by atoms with van der Waals surface area (Å²) >= 11 is 6.30. The zero-order chi connectivity index (χ0) is 22.7. The van der Waals surface area contributed by atoms with Gasteiger partial charge >= 0.3 is 0 Å². The number of hydrogen-bond acceptors (Lipinski definition) is 7. The van der Waals surface area contributed by atoms with Gasteiger partial charge in [0.05, 0.1) is 24.2 Å². The van der Waals surface area contributed by atoms with Gasteiger partial charge in [-0.05, 0) is 38.1 Å². The molecule has 3 heterocycles. The van der Waals surface area contributed by atoms with E-state index in [1.165, 1.54) is 0 Å². The number of nitrogens with zero attached hydrogens (tertiary/aromatic N) is 4. The summed E-state index contributed by atoms with van der Waals surface area (Å²) in [5.74, 6) is 2.53. The van der Waals surface area contributed by atoms with Gasteiger partial charge in [-0.3, -0.25) is 9.69 Å². The molecule has 9 heteroatoms. The minimum absolute atomic E-state index is 0.0689. The number of aromatic nitrogens is 2. The van der Waals surface area contributed by atoms with Crippen LogP contribution in [-0.2, 0) is 22.7 Å². The van der Waals surface area contributed by atoms with Crippen LogP contribution >= 0.6 is 11.6 Å². The van der Waals surface area contributed by atoms with Crippen molar-refractivity contribution in [1.82, 2.24) is 19.9 Å². The number of carbonyl (C=O) groups is 1. The molecule has 1 unspecified atom stereocenters. The van der Waals surface area contributed by atoms with Crippen LogP contribution in [0.15, 0.2) is 45.3 Å². The van der Waals surface area contributed by atoms with Crippen LogP contribution in [0.5, 0.6) is 0 Å². The van der Waals surface area contributed by atoms with Crippen LogP contribution in [0.1, 0.15) is 31.3 Å². The van der Waals surface area contributed by atoms with Crippen LogP contribution in [0.3, 0.4) is 0 Å². The fraction of sp³-hybridized carbons (Fsp3) is 0.435. The molecule has 0 spiro atoms. The maximum atomic E-state index is 12.9. The third kappa shape index (κ3) is 5.38. The minimum Gasteiger partial charge on any atom is -0.460 e. The van der Waals surface area contributed by atoms with Crippen molar-refractivity contribution >= 4 is 17.5 Å². The van der Waals surface area contributed by atoms with E-state index in [0.717, 1.165) is 11.3 Å². The average Bonchev–Trinajstić information content (AvgIpc) is 3.34. The second-order valence-electron chi connectivity index (χ2n) is 8.22. The van der Waals surface area contributed by atoms with Crippen LogP contribution in [0.25, 0.3) is 11.3 Å². The monoisotopic (exact) mass is 458 g/mol. The standard InChI is InChI=1S/C23H27ClN4O4/c1-15(2)28-12-18(30-14-22-25-16(3)32-26-22)11-27(13-23(28)29)10-17-8-9-21(31-17)19-6-4-5-7-20(19)24/h4-9,15,18H,10-14H2,1-3H3. The summed E-state index contributed by atoms with van der Waals surface area (Å²) in [4.78, 5) is 21.0. The maximum Gasteiger partial charge on any atom is 0.237 e. The second-order valence-corrected chi connectivity index (χ2v) is 8.63. The molecule has 0 aliphatic carbocycles. The molecule has 1 aliphatic heterocycles. The quantitative estimate of drug-likeness (QED) is 0.530. The van der Waals surface area contributed by atoms with E-state index in [0.29, 0.717) is 48.7 Å². The van der Waals surface area contributed by atoms with Gasteiger partial charge in [-0.25, -0.2) is 0 Å². The molecule has 1 amide bonds. The molecule has 0 saturated carbocycles. The molecule has 8 nitrogen and oxygen atoms in total. The predicted octanol–water partition coefficient (Wildman–Crippen LogP) is 3.93. The van der Waals surface area contributed by atoms with Crippen molar-refractivity contribution in [2.45, 2.75) is 46.1 Å². The zero-order valence-electron chi connectivity index (χ0n) is 18.5. The van der Waals surface area contributed by atoms with E-state index in [1.54, 1.807) is 6.92 Å². The third-order valence-electron chi connectivity index (χ3n) is 5.36. The highest BCUT2D eigenvalue weighted by atomic mass is 35.5. The Labute approximate surface area is 192 Å². The molecule has 1 fully saturated rings. The van der Waals surface area contributed by atoms with Crippen molar-refractivity contribution in [3.8, 4) is 11.3 Å². The van der Waals surface area contributed by atoms with Crippen LogP contribution in [-0.4, -0.2) is 57.6 Å². The predicted molar refractivity (Wildman–Crippen MR) is 119 cm³/mol. The number of halogens is 1. The molecular formula is C23H27ClN4O4. The molecule has 1 atom stereocenters. The van der Waals surface area contributed by atoms with Crippen LogP contribution in [0, 0.1) is 6.92 Å². The molecule has 3 aromatic rings. The van der Waals surface area contributed by atoms with E-state index in [4.69, 9.17) is 25.3 Å². The first-order chi connectivity index (χ1) is 15.4. The molecule has 2 aromatic heterocycles. The molecule has 0 N–H and O–H groups in total. The van der Waals surface area contributed by atoms with Crippen LogP contribution < -0.4 is 0 Å². The minimum atomic E-state index is -0.194. The van der Waals surface area contributed by atoms with Crippen molar-refractivity contribution in [1.29, 1.82) is 0 Å². The highest BCUT2D eigenvalue weighted by Gasteiger charge is 2.30. The Morgan fingerprint density at radius 1 is 1.22 bits per heavy atom.